The van der Waals surface area contributed by atoms with Crippen molar-refractivity contribution in [3.05, 3.63) is 64.1 Å². The summed E-state index contributed by atoms with van der Waals surface area (Å²) in [7, 11) is 0.657. The average molecular weight is 550 g/mol. The monoisotopic (exact) mass is 549 g/mol. The van der Waals surface area contributed by atoms with Crippen molar-refractivity contribution in [2.45, 2.75) is 24.0 Å². The summed E-state index contributed by atoms with van der Waals surface area (Å²) in [6.07, 6.45) is 3.92. The van der Waals surface area contributed by atoms with Crippen LogP contribution in [0, 0.1) is 0 Å². The van der Waals surface area contributed by atoms with Crippen LogP contribution in [0.5, 0.6) is 11.5 Å². The van der Waals surface area contributed by atoms with Gasteiger partial charge in [-0.15, -0.1) is 21.5 Å². The third-order valence-corrected chi connectivity index (χ3v) is 8.81. The topological polar surface area (TPSA) is 118 Å². The van der Waals surface area contributed by atoms with E-state index < -0.39 is 26.9 Å². The summed E-state index contributed by atoms with van der Waals surface area (Å²) in [6.45, 7) is 1.57. The van der Waals surface area contributed by atoms with E-state index in [2.05, 4.69) is 20.2 Å². The molecule has 3 aromatic heterocycles. The van der Waals surface area contributed by atoms with E-state index in [1.807, 2.05) is 6.07 Å². The van der Waals surface area contributed by atoms with Crippen LogP contribution in [0.25, 0.3) is 17.1 Å². The lowest BCUT2D eigenvalue weighted by Gasteiger charge is -2.21. The van der Waals surface area contributed by atoms with E-state index >= 15 is 0 Å². The van der Waals surface area contributed by atoms with Gasteiger partial charge in [0.05, 0.1) is 25.7 Å². The van der Waals surface area contributed by atoms with Crippen molar-refractivity contribution in [1.82, 2.24) is 24.7 Å². The Morgan fingerprint density at radius 3 is 2.33 bits per heavy atom. The van der Waals surface area contributed by atoms with Crippen LogP contribution in [-0.4, -0.2) is 59.7 Å². The van der Waals surface area contributed by atoms with Crippen molar-refractivity contribution in [2.75, 3.05) is 21.3 Å². The number of ether oxygens (including phenoxy) is 3. The Bertz CT molecular complexity index is 1420. The van der Waals surface area contributed by atoms with E-state index in [9.17, 15) is 8.42 Å². The number of aromatic nitrogens is 5. The largest absolute Gasteiger partial charge is 0.494 e. The number of rotatable bonds is 10. The number of halogens is 1. The van der Waals surface area contributed by atoms with Crippen molar-refractivity contribution >= 4 is 32.8 Å². The van der Waals surface area contributed by atoms with Gasteiger partial charge in [0.1, 0.15) is 38.4 Å². The summed E-state index contributed by atoms with van der Waals surface area (Å²) in [4.78, 5) is 8.37. The summed E-state index contributed by atoms with van der Waals surface area (Å²) in [6, 6.07) is 8.84. The number of sulfone groups is 1. The molecule has 0 bridgehead atoms. The van der Waals surface area contributed by atoms with Crippen molar-refractivity contribution < 1.29 is 22.6 Å². The first-order chi connectivity index (χ1) is 17.3. The Balaban J connectivity index is 1.84. The van der Waals surface area contributed by atoms with E-state index in [1.165, 1.54) is 38.9 Å². The van der Waals surface area contributed by atoms with Gasteiger partial charge in [0.2, 0.25) is 0 Å². The van der Waals surface area contributed by atoms with Crippen molar-refractivity contribution in [1.29, 1.82) is 0 Å². The normalized spacial score (nSPS) is 13.4. The van der Waals surface area contributed by atoms with Gasteiger partial charge in [-0.05, 0) is 31.2 Å². The molecule has 0 aliphatic carbocycles. The molecule has 4 aromatic rings. The van der Waals surface area contributed by atoms with Crippen LogP contribution in [0.1, 0.15) is 23.9 Å². The summed E-state index contributed by atoms with van der Waals surface area (Å²) in [5.41, 5.74) is 1.11. The van der Waals surface area contributed by atoms with E-state index in [0.29, 0.717) is 37.9 Å². The van der Waals surface area contributed by atoms with Gasteiger partial charge < -0.3 is 14.2 Å². The lowest BCUT2D eigenvalue weighted by Crippen LogP contribution is -2.29. The lowest BCUT2D eigenvalue weighted by molar-refractivity contribution is 0.102. The number of methoxy groups -OCH3 is 3. The predicted octanol–water partition coefficient (Wildman–Crippen LogP) is 4.15. The van der Waals surface area contributed by atoms with Gasteiger partial charge in [0.15, 0.2) is 21.5 Å². The molecule has 0 fully saturated rings. The highest BCUT2D eigenvalue weighted by Gasteiger charge is 2.35. The van der Waals surface area contributed by atoms with Gasteiger partial charge in [-0.25, -0.2) is 13.4 Å². The van der Waals surface area contributed by atoms with Crippen LogP contribution in [0.3, 0.4) is 0 Å². The Kier molecular flexibility index (Phi) is 7.88. The van der Waals surface area contributed by atoms with Crippen molar-refractivity contribution in [3.63, 3.8) is 0 Å². The molecule has 36 heavy (non-hydrogen) atoms. The molecule has 3 heterocycles. The smallest absolute Gasteiger partial charge is 0.170 e. The third kappa shape index (κ3) is 5.07. The molecule has 0 radical (unpaired) electrons. The second-order valence-corrected chi connectivity index (χ2v) is 11.8. The van der Waals surface area contributed by atoms with Crippen LogP contribution >= 0.6 is 22.9 Å². The first-order valence-corrected chi connectivity index (χ1v) is 13.6. The zero-order valence-corrected chi connectivity index (χ0v) is 22.3. The van der Waals surface area contributed by atoms with E-state index in [0.717, 1.165) is 0 Å². The average Bonchev–Trinajstić information content (AvgIpc) is 3.50. The molecule has 0 amide bonds. The minimum absolute atomic E-state index is 0.176. The molecule has 1 aromatic carbocycles. The molecular weight excluding hydrogens is 526 g/mol. The summed E-state index contributed by atoms with van der Waals surface area (Å²) < 4.78 is 46.0. The minimum atomic E-state index is -3.82. The number of benzene rings is 1. The quantitative estimate of drug-likeness (QED) is 0.287. The van der Waals surface area contributed by atoms with E-state index in [-0.39, 0.29) is 5.82 Å². The van der Waals surface area contributed by atoms with Crippen LogP contribution in [0.2, 0.25) is 4.34 Å². The second kappa shape index (κ2) is 10.9. The highest BCUT2D eigenvalue weighted by atomic mass is 35.5. The molecule has 0 spiro atoms. The van der Waals surface area contributed by atoms with Crippen LogP contribution < -0.4 is 9.47 Å². The first kappa shape index (κ1) is 26.0. The maximum atomic E-state index is 13.6. The number of hydrogen-bond donors (Lipinski definition) is 0. The number of nitrogens with zero attached hydrogens (tertiary/aromatic N) is 5. The van der Waals surface area contributed by atoms with Crippen molar-refractivity contribution in [3.8, 4) is 28.6 Å². The lowest BCUT2D eigenvalue weighted by atomic mass is 10.2. The molecule has 0 saturated carbocycles. The molecule has 0 aliphatic rings. The fourth-order valence-electron chi connectivity index (χ4n) is 3.77. The Hall–Kier alpha value is -3.06. The number of pyridine rings is 1. The second-order valence-electron chi connectivity index (χ2n) is 7.70. The number of hydrogen-bond acceptors (Lipinski definition) is 10. The predicted molar refractivity (Wildman–Crippen MR) is 137 cm³/mol. The molecule has 190 valence electrons. The van der Waals surface area contributed by atoms with Crippen LogP contribution in [-0.2, 0) is 20.3 Å². The van der Waals surface area contributed by atoms with Gasteiger partial charge in [0, 0.05) is 25.1 Å². The molecule has 0 N–H and O–H groups in total. The van der Waals surface area contributed by atoms with Gasteiger partial charge in [0.25, 0.3) is 0 Å². The fraction of sp³-hybridized carbons (Fsp3) is 0.304. The Morgan fingerprint density at radius 1 is 1.06 bits per heavy atom. The van der Waals surface area contributed by atoms with Crippen LogP contribution in [0.4, 0.5) is 0 Å². The van der Waals surface area contributed by atoms with Gasteiger partial charge in [-0.1, -0.05) is 17.7 Å². The zero-order chi connectivity index (χ0) is 25.9. The highest BCUT2D eigenvalue weighted by molar-refractivity contribution is 7.91. The Labute approximate surface area is 217 Å². The highest BCUT2D eigenvalue weighted by Crippen LogP contribution is 2.37. The number of para-hydroxylation sites is 1. The summed E-state index contributed by atoms with van der Waals surface area (Å²) >= 11 is 7.19. The van der Waals surface area contributed by atoms with E-state index in [1.54, 1.807) is 48.1 Å². The SMILES string of the molecule is COc1cccc(OC)c1-n1c(CS(=O)(=O)[C@@H](C)[C@H](OC)c2ncc(Cl)s2)nnc1-c1cccnc1. The van der Waals surface area contributed by atoms with Crippen molar-refractivity contribution in [2.24, 2.45) is 0 Å². The number of thiazole rings is 1. The molecule has 10 nitrogen and oxygen atoms in total. The molecule has 13 heteroatoms. The molecule has 4 rings (SSSR count). The minimum Gasteiger partial charge on any atom is -0.494 e. The summed E-state index contributed by atoms with van der Waals surface area (Å²) in [5, 5.41) is 8.12. The third-order valence-electron chi connectivity index (χ3n) is 5.59. The summed E-state index contributed by atoms with van der Waals surface area (Å²) in [5.74, 6) is 1.05. The molecule has 0 saturated heterocycles. The van der Waals surface area contributed by atoms with Gasteiger partial charge >= 0.3 is 0 Å². The fourth-order valence-corrected chi connectivity index (χ4v) is 6.40. The maximum Gasteiger partial charge on any atom is 0.170 e. The molecule has 0 unspecified atom stereocenters. The molecular formula is C23H24ClN5O5S2. The molecule has 2 atom stereocenters. The Morgan fingerprint density at radius 2 is 1.78 bits per heavy atom. The van der Waals surface area contributed by atoms with Gasteiger partial charge in [-0.3, -0.25) is 9.55 Å². The zero-order valence-electron chi connectivity index (χ0n) is 20.0. The first-order valence-electron chi connectivity index (χ1n) is 10.7. The van der Waals surface area contributed by atoms with Crippen LogP contribution in [0.15, 0.2) is 48.9 Å². The molecule has 0 aliphatic heterocycles. The van der Waals surface area contributed by atoms with Gasteiger partial charge in [-0.2, -0.15) is 0 Å². The van der Waals surface area contributed by atoms with E-state index in [4.69, 9.17) is 25.8 Å². The standard InChI is InChI=1S/C23H24ClN5O5S2/c1-14(21(34-4)23-26-12-18(24)35-23)36(30,31)13-19-27-28-22(15-7-6-10-25-11-15)29(19)20-16(32-2)8-5-9-17(20)33-3/h5-12,14,21H,13H2,1-4H3/t14-,21-/m0/s1. The maximum absolute atomic E-state index is 13.6.